The van der Waals surface area contributed by atoms with Crippen LogP contribution >= 0.6 is 11.3 Å². The second-order valence-corrected chi connectivity index (χ2v) is 7.97. The van der Waals surface area contributed by atoms with Gasteiger partial charge in [-0.15, -0.1) is 11.3 Å². The predicted molar refractivity (Wildman–Crippen MR) is 96.0 cm³/mol. The number of rotatable bonds is 6. The molecule has 0 spiro atoms. The summed E-state index contributed by atoms with van der Waals surface area (Å²) in [6.07, 6.45) is 3.12. The van der Waals surface area contributed by atoms with Crippen LogP contribution in [-0.4, -0.2) is 30.1 Å². The third kappa shape index (κ3) is 3.93. The third-order valence-electron chi connectivity index (χ3n) is 5.09. The monoisotopic (exact) mass is 359 g/mol. The number of ether oxygens (including phenoxy) is 1. The van der Waals surface area contributed by atoms with Crippen molar-refractivity contribution in [1.29, 1.82) is 0 Å². The number of halogens is 1. The van der Waals surface area contributed by atoms with Gasteiger partial charge in [0.2, 0.25) is 5.91 Å². The Morgan fingerprint density at radius 1 is 1.28 bits per heavy atom. The Labute approximate surface area is 151 Å². The van der Waals surface area contributed by atoms with Crippen molar-refractivity contribution in [2.75, 3.05) is 13.2 Å². The Balaban J connectivity index is 1.44. The second-order valence-electron chi connectivity index (χ2n) is 6.93. The van der Waals surface area contributed by atoms with Crippen LogP contribution in [0.5, 0.6) is 0 Å². The quantitative estimate of drug-likeness (QED) is 0.774. The van der Waals surface area contributed by atoms with Gasteiger partial charge in [-0.2, -0.15) is 0 Å². The highest BCUT2D eigenvalue weighted by atomic mass is 32.1. The van der Waals surface area contributed by atoms with Crippen molar-refractivity contribution in [3.05, 3.63) is 58.0 Å². The first-order valence-electron chi connectivity index (χ1n) is 8.89. The van der Waals surface area contributed by atoms with Crippen molar-refractivity contribution in [2.24, 2.45) is 5.92 Å². The van der Waals surface area contributed by atoms with Crippen LogP contribution in [-0.2, 0) is 16.1 Å². The maximum Gasteiger partial charge on any atom is 0.226 e. The highest BCUT2D eigenvalue weighted by Crippen LogP contribution is 2.48. The van der Waals surface area contributed by atoms with E-state index >= 15 is 0 Å². The number of hydrogen-bond donors (Lipinski definition) is 0. The molecule has 25 heavy (non-hydrogen) atoms. The molecule has 132 valence electrons. The maximum atomic E-state index is 13.1. The molecule has 1 aliphatic heterocycles. The SMILES string of the molecule is O=C(C1CC1c1ccc(F)cc1)N(Cc1cccs1)CC1CCCO1. The summed E-state index contributed by atoms with van der Waals surface area (Å²) in [6, 6.07) is 10.7. The highest BCUT2D eigenvalue weighted by Gasteiger charge is 2.46. The number of carbonyl (C=O) groups excluding carboxylic acids is 1. The topological polar surface area (TPSA) is 29.5 Å². The Kier molecular flexibility index (Phi) is 4.86. The van der Waals surface area contributed by atoms with Gasteiger partial charge in [0.15, 0.2) is 0 Å². The third-order valence-corrected chi connectivity index (χ3v) is 5.95. The number of amides is 1. The van der Waals surface area contributed by atoms with E-state index in [1.807, 2.05) is 16.3 Å². The fraction of sp³-hybridized carbons (Fsp3) is 0.450. The number of carbonyl (C=O) groups is 1. The molecule has 0 N–H and O–H groups in total. The summed E-state index contributed by atoms with van der Waals surface area (Å²) < 4.78 is 18.9. The first kappa shape index (κ1) is 16.7. The van der Waals surface area contributed by atoms with Gasteiger partial charge in [-0.05, 0) is 54.3 Å². The minimum Gasteiger partial charge on any atom is -0.376 e. The molecular formula is C20H22FNO2S. The molecule has 3 atom stereocenters. The average Bonchev–Trinajstić information content (AvgIpc) is 2.98. The van der Waals surface area contributed by atoms with Gasteiger partial charge >= 0.3 is 0 Å². The lowest BCUT2D eigenvalue weighted by molar-refractivity contribution is -0.134. The van der Waals surface area contributed by atoms with Crippen LogP contribution in [0.1, 0.15) is 35.6 Å². The van der Waals surface area contributed by atoms with Crippen molar-refractivity contribution >= 4 is 17.2 Å². The molecule has 1 saturated carbocycles. The zero-order valence-electron chi connectivity index (χ0n) is 14.1. The van der Waals surface area contributed by atoms with Gasteiger partial charge < -0.3 is 9.64 Å². The van der Waals surface area contributed by atoms with Gasteiger partial charge in [-0.1, -0.05) is 18.2 Å². The lowest BCUT2D eigenvalue weighted by Gasteiger charge is -2.25. The maximum absolute atomic E-state index is 13.1. The largest absolute Gasteiger partial charge is 0.376 e. The first-order chi connectivity index (χ1) is 12.2. The van der Waals surface area contributed by atoms with Crippen LogP contribution in [0.15, 0.2) is 41.8 Å². The van der Waals surface area contributed by atoms with Crippen molar-refractivity contribution in [3.63, 3.8) is 0 Å². The molecular weight excluding hydrogens is 337 g/mol. The van der Waals surface area contributed by atoms with Gasteiger partial charge in [-0.25, -0.2) is 4.39 Å². The van der Waals surface area contributed by atoms with E-state index in [1.165, 1.54) is 17.0 Å². The van der Waals surface area contributed by atoms with Gasteiger partial charge in [0.1, 0.15) is 5.82 Å². The minimum atomic E-state index is -0.231. The smallest absolute Gasteiger partial charge is 0.226 e. The Morgan fingerprint density at radius 3 is 2.80 bits per heavy atom. The molecule has 1 saturated heterocycles. The second kappa shape index (κ2) is 7.26. The van der Waals surface area contributed by atoms with Crippen LogP contribution in [0.2, 0.25) is 0 Å². The molecule has 1 aromatic carbocycles. The van der Waals surface area contributed by atoms with Crippen LogP contribution in [0.25, 0.3) is 0 Å². The Hall–Kier alpha value is -1.72. The van der Waals surface area contributed by atoms with Gasteiger partial charge in [0.05, 0.1) is 12.6 Å². The average molecular weight is 359 g/mol. The fourth-order valence-corrected chi connectivity index (χ4v) is 4.36. The fourth-order valence-electron chi connectivity index (χ4n) is 3.64. The molecule has 5 heteroatoms. The molecule has 0 radical (unpaired) electrons. The summed E-state index contributed by atoms with van der Waals surface area (Å²) in [5, 5.41) is 2.04. The Bertz CT molecular complexity index is 710. The number of thiophene rings is 1. The molecule has 3 nitrogen and oxygen atoms in total. The van der Waals surface area contributed by atoms with E-state index in [0.717, 1.165) is 31.4 Å². The number of benzene rings is 1. The molecule has 2 aliphatic rings. The number of hydrogen-bond acceptors (Lipinski definition) is 3. The normalized spacial score (nSPS) is 25.1. The highest BCUT2D eigenvalue weighted by molar-refractivity contribution is 7.09. The summed E-state index contributed by atoms with van der Waals surface area (Å²) in [5.74, 6) is 0.221. The summed E-state index contributed by atoms with van der Waals surface area (Å²) >= 11 is 1.68. The molecule has 2 heterocycles. The zero-order chi connectivity index (χ0) is 17.2. The first-order valence-corrected chi connectivity index (χ1v) is 9.77. The molecule has 1 amide bonds. The van der Waals surface area contributed by atoms with E-state index in [4.69, 9.17) is 4.74 Å². The van der Waals surface area contributed by atoms with Crippen molar-refractivity contribution in [1.82, 2.24) is 4.90 Å². The van der Waals surface area contributed by atoms with Crippen molar-refractivity contribution in [2.45, 2.75) is 37.8 Å². The van der Waals surface area contributed by atoms with Gasteiger partial charge in [0, 0.05) is 23.9 Å². The van der Waals surface area contributed by atoms with E-state index in [9.17, 15) is 9.18 Å². The van der Waals surface area contributed by atoms with E-state index < -0.39 is 0 Å². The summed E-state index contributed by atoms with van der Waals surface area (Å²) in [7, 11) is 0. The van der Waals surface area contributed by atoms with Crippen LogP contribution < -0.4 is 0 Å². The minimum absolute atomic E-state index is 0.0202. The molecule has 2 fully saturated rings. The molecule has 0 bridgehead atoms. The molecule has 1 aromatic heterocycles. The summed E-state index contributed by atoms with van der Waals surface area (Å²) in [4.78, 5) is 16.2. The summed E-state index contributed by atoms with van der Waals surface area (Å²) in [5.41, 5.74) is 1.06. The van der Waals surface area contributed by atoms with E-state index in [1.54, 1.807) is 23.5 Å². The Morgan fingerprint density at radius 2 is 2.12 bits per heavy atom. The zero-order valence-corrected chi connectivity index (χ0v) is 14.9. The van der Waals surface area contributed by atoms with E-state index in [0.29, 0.717) is 13.1 Å². The van der Waals surface area contributed by atoms with Crippen molar-refractivity contribution < 1.29 is 13.9 Å². The van der Waals surface area contributed by atoms with Crippen LogP contribution in [0.4, 0.5) is 4.39 Å². The van der Waals surface area contributed by atoms with Crippen molar-refractivity contribution in [3.8, 4) is 0 Å². The lowest BCUT2D eigenvalue weighted by atomic mass is 10.1. The molecule has 2 aromatic rings. The molecule has 3 unspecified atom stereocenters. The predicted octanol–water partition coefficient (Wildman–Crippen LogP) is 4.20. The summed E-state index contributed by atoms with van der Waals surface area (Å²) in [6.45, 7) is 2.12. The van der Waals surface area contributed by atoms with Crippen LogP contribution in [0, 0.1) is 11.7 Å². The lowest BCUT2D eigenvalue weighted by Crippen LogP contribution is -2.37. The standard InChI is InChI=1S/C20H22FNO2S/c21-15-7-5-14(6-8-15)18-11-19(18)20(23)22(12-16-3-1-9-24-16)13-17-4-2-10-25-17/h2,4-8,10,16,18-19H,1,3,9,11-13H2. The van der Waals surface area contributed by atoms with Gasteiger partial charge in [0.25, 0.3) is 0 Å². The van der Waals surface area contributed by atoms with Gasteiger partial charge in [-0.3, -0.25) is 4.79 Å². The molecule has 1 aliphatic carbocycles. The van der Waals surface area contributed by atoms with E-state index in [-0.39, 0.29) is 29.7 Å². The van der Waals surface area contributed by atoms with E-state index in [2.05, 4.69) is 6.07 Å². The molecule has 4 rings (SSSR count). The number of nitrogens with zero attached hydrogens (tertiary/aromatic N) is 1. The van der Waals surface area contributed by atoms with Crippen LogP contribution in [0.3, 0.4) is 0 Å².